The molecule has 3 nitrogen and oxygen atoms in total. The highest BCUT2D eigenvalue weighted by atomic mass is 79.9. The topological polar surface area (TPSA) is 38.3 Å². The van der Waals surface area contributed by atoms with Gasteiger partial charge < -0.3 is 10.1 Å². The van der Waals surface area contributed by atoms with Crippen LogP contribution in [0.1, 0.15) is 0 Å². The van der Waals surface area contributed by atoms with Crippen LogP contribution in [0.4, 0.5) is 0 Å². The van der Waals surface area contributed by atoms with Crippen molar-refractivity contribution in [2.24, 2.45) is 0 Å². The van der Waals surface area contributed by atoms with E-state index in [4.69, 9.17) is 16.3 Å². The zero-order valence-electron chi connectivity index (χ0n) is 7.51. The Morgan fingerprint density at radius 2 is 2.36 bits per heavy atom. The third-order valence-corrected chi connectivity index (χ3v) is 2.34. The Morgan fingerprint density at radius 1 is 1.64 bits per heavy atom. The van der Waals surface area contributed by atoms with Crippen molar-refractivity contribution in [3.05, 3.63) is 27.7 Å². The third kappa shape index (κ3) is 3.20. The zero-order valence-corrected chi connectivity index (χ0v) is 9.85. The van der Waals surface area contributed by atoms with Crippen molar-refractivity contribution >= 4 is 33.4 Å². The first kappa shape index (κ1) is 11.3. The normalized spacial score (nSPS) is 9.64. The molecule has 0 saturated heterocycles. The molecule has 0 unspecified atom stereocenters. The molecule has 0 atom stereocenters. The predicted octanol–water partition coefficient (Wildman–Crippen LogP) is 2.23. The predicted molar refractivity (Wildman–Crippen MR) is 58.7 cm³/mol. The van der Waals surface area contributed by atoms with E-state index < -0.39 is 0 Å². The molecular formula is C9H9BrClNO2. The van der Waals surface area contributed by atoms with Crippen molar-refractivity contribution in [1.82, 2.24) is 5.32 Å². The Labute approximate surface area is 95.5 Å². The minimum atomic E-state index is -0.193. The molecule has 0 aromatic heterocycles. The highest BCUT2D eigenvalue weighted by Gasteiger charge is 2.04. The van der Waals surface area contributed by atoms with Crippen LogP contribution in [0.5, 0.6) is 5.75 Å². The Morgan fingerprint density at radius 3 is 3.00 bits per heavy atom. The van der Waals surface area contributed by atoms with E-state index in [1.54, 1.807) is 25.2 Å². The fourth-order valence-electron chi connectivity index (χ4n) is 0.803. The van der Waals surface area contributed by atoms with E-state index in [-0.39, 0.29) is 12.5 Å². The lowest BCUT2D eigenvalue weighted by molar-refractivity contribution is -0.122. The van der Waals surface area contributed by atoms with Gasteiger partial charge in [0.2, 0.25) is 0 Å². The number of likely N-dealkylation sites (N-methyl/N-ethyl adjacent to an activating group) is 1. The van der Waals surface area contributed by atoms with Crippen LogP contribution in [-0.4, -0.2) is 19.6 Å². The van der Waals surface area contributed by atoms with E-state index >= 15 is 0 Å². The summed E-state index contributed by atoms with van der Waals surface area (Å²) in [6.07, 6.45) is 0. The molecule has 14 heavy (non-hydrogen) atoms. The molecule has 1 amide bonds. The van der Waals surface area contributed by atoms with Crippen LogP contribution in [0, 0.1) is 0 Å². The second-order valence-electron chi connectivity index (χ2n) is 2.54. The molecule has 1 aromatic carbocycles. The fraction of sp³-hybridized carbons (Fsp3) is 0.222. The highest BCUT2D eigenvalue weighted by molar-refractivity contribution is 9.10. The first-order valence-corrected chi connectivity index (χ1v) is 5.09. The Hall–Kier alpha value is -0.740. The van der Waals surface area contributed by atoms with E-state index in [1.807, 2.05) is 0 Å². The van der Waals surface area contributed by atoms with Gasteiger partial charge in [-0.25, -0.2) is 0 Å². The SMILES string of the molecule is CNC(=O)COc1cc(Br)ccc1Cl. The number of nitrogens with one attached hydrogen (secondary N) is 1. The van der Waals surface area contributed by atoms with Crippen molar-refractivity contribution in [2.45, 2.75) is 0 Å². The molecular weight excluding hydrogens is 269 g/mol. The van der Waals surface area contributed by atoms with Crippen LogP contribution in [0.3, 0.4) is 0 Å². The van der Waals surface area contributed by atoms with Crippen LogP contribution in [0.25, 0.3) is 0 Å². The van der Waals surface area contributed by atoms with Crippen LogP contribution in [-0.2, 0) is 4.79 Å². The van der Waals surface area contributed by atoms with Gasteiger partial charge in [-0.05, 0) is 18.2 Å². The Kier molecular flexibility index (Phi) is 4.22. The van der Waals surface area contributed by atoms with Gasteiger partial charge >= 0.3 is 0 Å². The first-order chi connectivity index (χ1) is 6.63. The molecule has 1 aromatic rings. The molecule has 0 aliphatic heterocycles. The summed E-state index contributed by atoms with van der Waals surface area (Å²) in [6.45, 7) is -0.0350. The maximum absolute atomic E-state index is 10.9. The Balaban J connectivity index is 2.66. The van der Waals surface area contributed by atoms with Gasteiger partial charge in [-0.15, -0.1) is 0 Å². The van der Waals surface area contributed by atoms with Gasteiger partial charge in [0.05, 0.1) is 5.02 Å². The van der Waals surface area contributed by atoms with E-state index in [0.717, 1.165) is 4.47 Å². The molecule has 0 spiro atoms. The number of hydrogen-bond donors (Lipinski definition) is 1. The number of carbonyl (C=O) groups excluding carboxylic acids is 1. The van der Waals surface area contributed by atoms with Gasteiger partial charge in [0.15, 0.2) is 6.61 Å². The summed E-state index contributed by atoms with van der Waals surface area (Å²) >= 11 is 9.13. The quantitative estimate of drug-likeness (QED) is 0.921. The molecule has 0 saturated carbocycles. The molecule has 0 aliphatic carbocycles. The van der Waals surface area contributed by atoms with Crippen molar-refractivity contribution in [1.29, 1.82) is 0 Å². The largest absolute Gasteiger partial charge is 0.482 e. The molecule has 0 radical (unpaired) electrons. The van der Waals surface area contributed by atoms with E-state index in [9.17, 15) is 4.79 Å². The van der Waals surface area contributed by atoms with E-state index in [1.165, 1.54) is 0 Å². The summed E-state index contributed by atoms with van der Waals surface area (Å²) in [7, 11) is 1.55. The summed E-state index contributed by atoms with van der Waals surface area (Å²) in [6, 6.07) is 5.21. The van der Waals surface area contributed by atoms with Gasteiger partial charge in [0.1, 0.15) is 5.75 Å². The molecule has 5 heteroatoms. The van der Waals surface area contributed by atoms with Crippen molar-refractivity contribution in [3.63, 3.8) is 0 Å². The molecule has 1 rings (SSSR count). The number of benzene rings is 1. The van der Waals surface area contributed by atoms with E-state index in [2.05, 4.69) is 21.2 Å². The number of halogens is 2. The number of amides is 1. The monoisotopic (exact) mass is 277 g/mol. The molecule has 0 fully saturated rings. The van der Waals surface area contributed by atoms with E-state index in [0.29, 0.717) is 10.8 Å². The van der Waals surface area contributed by atoms with Gasteiger partial charge in [0.25, 0.3) is 5.91 Å². The average Bonchev–Trinajstić information content (AvgIpc) is 2.19. The van der Waals surface area contributed by atoms with Crippen LogP contribution in [0.2, 0.25) is 5.02 Å². The maximum Gasteiger partial charge on any atom is 0.257 e. The van der Waals surface area contributed by atoms with Gasteiger partial charge in [-0.1, -0.05) is 27.5 Å². The highest BCUT2D eigenvalue weighted by Crippen LogP contribution is 2.27. The number of rotatable bonds is 3. The summed E-state index contributed by atoms with van der Waals surface area (Å²) in [5, 5.41) is 2.93. The standard InChI is InChI=1S/C9H9BrClNO2/c1-12-9(13)5-14-8-4-6(10)2-3-7(8)11/h2-4H,5H2,1H3,(H,12,13). The average molecular weight is 279 g/mol. The number of carbonyl (C=O) groups is 1. The molecule has 0 heterocycles. The summed E-state index contributed by atoms with van der Waals surface area (Å²) in [5.74, 6) is 0.297. The lowest BCUT2D eigenvalue weighted by Gasteiger charge is -2.07. The summed E-state index contributed by atoms with van der Waals surface area (Å²) in [5.41, 5.74) is 0. The van der Waals surface area contributed by atoms with Crippen LogP contribution < -0.4 is 10.1 Å². The van der Waals surface area contributed by atoms with Crippen molar-refractivity contribution < 1.29 is 9.53 Å². The van der Waals surface area contributed by atoms with Crippen LogP contribution >= 0.6 is 27.5 Å². The summed E-state index contributed by atoms with van der Waals surface area (Å²) < 4.78 is 6.05. The zero-order chi connectivity index (χ0) is 10.6. The number of hydrogen-bond acceptors (Lipinski definition) is 2. The fourth-order valence-corrected chi connectivity index (χ4v) is 1.32. The minimum absolute atomic E-state index is 0.0350. The minimum Gasteiger partial charge on any atom is -0.482 e. The third-order valence-electron chi connectivity index (χ3n) is 1.53. The summed E-state index contributed by atoms with van der Waals surface area (Å²) in [4.78, 5) is 10.9. The van der Waals surface area contributed by atoms with Gasteiger partial charge in [-0.3, -0.25) is 4.79 Å². The first-order valence-electron chi connectivity index (χ1n) is 3.92. The Bertz CT molecular complexity index is 344. The molecule has 0 aliphatic rings. The lowest BCUT2D eigenvalue weighted by atomic mass is 10.3. The van der Waals surface area contributed by atoms with Crippen LogP contribution in [0.15, 0.2) is 22.7 Å². The van der Waals surface area contributed by atoms with Crippen molar-refractivity contribution in [3.8, 4) is 5.75 Å². The molecule has 1 N–H and O–H groups in total. The second kappa shape index (κ2) is 5.22. The van der Waals surface area contributed by atoms with Crippen molar-refractivity contribution in [2.75, 3.05) is 13.7 Å². The molecule has 76 valence electrons. The molecule has 0 bridgehead atoms. The van der Waals surface area contributed by atoms with Gasteiger partial charge in [0, 0.05) is 11.5 Å². The van der Waals surface area contributed by atoms with Gasteiger partial charge in [-0.2, -0.15) is 0 Å². The lowest BCUT2D eigenvalue weighted by Crippen LogP contribution is -2.24. The smallest absolute Gasteiger partial charge is 0.257 e. The number of ether oxygens (including phenoxy) is 1. The second-order valence-corrected chi connectivity index (χ2v) is 3.86. The maximum atomic E-state index is 10.9.